The molecule has 2 aliphatic rings. The molecule has 1 saturated heterocycles. The van der Waals surface area contributed by atoms with Crippen LogP contribution in [0.5, 0.6) is 0 Å². The van der Waals surface area contributed by atoms with E-state index in [1.54, 1.807) is 48.8 Å². The number of aliphatic hydroxyl groups excluding tert-OH is 1. The number of rotatable bonds is 5. The van der Waals surface area contributed by atoms with Crippen molar-refractivity contribution < 1.29 is 19.1 Å². The predicted octanol–water partition coefficient (Wildman–Crippen LogP) is 6.25. The molecular formula is C29H24ClN3O4. The third-order valence-electron chi connectivity index (χ3n) is 7.00. The largest absolute Gasteiger partial charge is 0.503 e. The van der Waals surface area contributed by atoms with Gasteiger partial charge in [0.2, 0.25) is 5.78 Å². The maximum Gasteiger partial charge on any atom is 0.294 e. The van der Waals surface area contributed by atoms with E-state index in [1.807, 2.05) is 24.3 Å². The van der Waals surface area contributed by atoms with Gasteiger partial charge in [-0.15, -0.1) is 0 Å². The van der Waals surface area contributed by atoms with Gasteiger partial charge in [0, 0.05) is 47.3 Å². The van der Waals surface area contributed by atoms with Crippen LogP contribution in [0.1, 0.15) is 41.4 Å². The summed E-state index contributed by atoms with van der Waals surface area (Å²) in [5.41, 5.74) is 2.69. The molecule has 4 heterocycles. The highest BCUT2D eigenvalue weighted by molar-refractivity contribution is 6.31. The molecule has 1 amide bonds. The Morgan fingerprint density at radius 2 is 1.76 bits per heavy atom. The van der Waals surface area contributed by atoms with E-state index in [0.29, 0.717) is 27.2 Å². The number of hydrogen-bond acceptors (Lipinski definition) is 6. The molecule has 7 nitrogen and oxygen atoms in total. The fraction of sp³-hybridized carbons (Fsp3) is 0.207. The molecule has 6 rings (SSSR count). The normalized spacial score (nSPS) is 18.2. The summed E-state index contributed by atoms with van der Waals surface area (Å²) in [6.45, 7) is 2.01. The van der Waals surface area contributed by atoms with Gasteiger partial charge in [-0.3, -0.25) is 19.5 Å². The van der Waals surface area contributed by atoms with Crippen LogP contribution in [0.2, 0.25) is 5.02 Å². The Kier molecular flexibility index (Phi) is 5.93. The smallest absolute Gasteiger partial charge is 0.294 e. The van der Waals surface area contributed by atoms with E-state index in [0.717, 1.165) is 31.6 Å². The van der Waals surface area contributed by atoms with Gasteiger partial charge in [0.15, 0.2) is 11.5 Å². The molecule has 2 aromatic carbocycles. The number of pyridine rings is 1. The monoisotopic (exact) mass is 513 g/mol. The zero-order valence-electron chi connectivity index (χ0n) is 19.9. The quantitative estimate of drug-likeness (QED) is 0.317. The summed E-state index contributed by atoms with van der Waals surface area (Å²) in [4.78, 5) is 35.1. The number of amides is 1. The SMILES string of the molecule is O=C(C1=C(O)C(=O)N(c2ccc(N3CCCCC3)cc2)C1c1cccnc1)c1cc2cc(Cl)ccc2o1. The standard InChI is InChI=1S/C29H24ClN3O4/c30-20-6-11-23-19(15-20)16-24(37-23)27(34)25-26(18-5-4-12-31-17-18)33(29(36)28(25)35)22-9-7-21(8-10-22)32-13-2-1-3-14-32/h4-12,15-17,26,35H,1-3,13-14H2. The molecule has 186 valence electrons. The summed E-state index contributed by atoms with van der Waals surface area (Å²) < 4.78 is 5.78. The molecule has 2 aliphatic heterocycles. The average molecular weight is 514 g/mol. The van der Waals surface area contributed by atoms with E-state index < -0.39 is 23.5 Å². The first-order chi connectivity index (χ1) is 18.0. The van der Waals surface area contributed by atoms with Crippen LogP contribution in [0, 0.1) is 0 Å². The molecule has 0 aliphatic carbocycles. The summed E-state index contributed by atoms with van der Waals surface area (Å²) in [7, 11) is 0. The summed E-state index contributed by atoms with van der Waals surface area (Å²) in [6, 6.07) is 16.9. The van der Waals surface area contributed by atoms with Gasteiger partial charge in [0.25, 0.3) is 5.91 Å². The minimum Gasteiger partial charge on any atom is -0.503 e. The fourth-order valence-electron chi connectivity index (χ4n) is 5.19. The van der Waals surface area contributed by atoms with Crippen molar-refractivity contribution in [2.24, 2.45) is 0 Å². The third-order valence-corrected chi connectivity index (χ3v) is 7.24. The molecule has 1 N–H and O–H groups in total. The number of hydrogen-bond donors (Lipinski definition) is 1. The van der Waals surface area contributed by atoms with Crippen LogP contribution >= 0.6 is 11.6 Å². The first kappa shape index (κ1) is 23.3. The molecule has 1 atom stereocenters. The lowest BCUT2D eigenvalue weighted by Crippen LogP contribution is -2.31. The number of aromatic nitrogens is 1. The number of nitrogens with zero attached hydrogens (tertiary/aromatic N) is 3. The number of fused-ring (bicyclic) bond motifs is 1. The van der Waals surface area contributed by atoms with Crippen molar-refractivity contribution in [1.82, 2.24) is 4.98 Å². The molecule has 8 heteroatoms. The van der Waals surface area contributed by atoms with Crippen molar-refractivity contribution in [3.63, 3.8) is 0 Å². The van der Waals surface area contributed by atoms with Gasteiger partial charge in [-0.25, -0.2) is 0 Å². The molecule has 2 aromatic heterocycles. The number of aliphatic hydroxyl groups is 1. The van der Waals surface area contributed by atoms with Crippen LogP contribution in [0.3, 0.4) is 0 Å². The number of halogens is 1. The Balaban J connectivity index is 1.40. The second-order valence-electron chi connectivity index (χ2n) is 9.31. The van der Waals surface area contributed by atoms with Crippen molar-refractivity contribution >= 4 is 45.6 Å². The van der Waals surface area contributed by atoms with Crippen molar-refractivity contribution in [3.05, 3.63) is 101 Å². The van der Waals surface area contributed by atoms with Gasteiger partial charge in [-0.1, -0.05) is 17.7 Å². The molecule has 0 bridgehead atoms. The highest BCUT2D eigenvalue weighted by atomic mass is 35.5. The number of carbonyl (C=O) groups excluding carboxylic acids is 2. The van der Waals surface area contributed by atoms with Crippen molar-refractivity contribution in [3.8, 4) is 0 Å². The van der Waals surface area contributed by atoms with Crippen LogP contribution in [0.25, 0.3) is 11.0 Å². The summed E-state index contributed by atoms with van der Waals surface area (Å²) in [6.07, 6.45) is 6.77. The van der Waals surface area contributed by atoms with E-state index in [1.165, 1.54) is 11.3 Å². The van der Waals surface area contributed by atoms with Crippen LogP contribution in [0.15, 0.2) is 88.8 Å². The van der Waals surface area contributed by atoms with Gasteiger partial charge in [-0.2, -0.15) is 0 Å². The second kappa shape index (κ2) is 9.41. The second-order valence-corrected chi connectivity index (χ2v) is 9.75. The van der Waals surface area contributed by atoms with Gasteiger partial charge in [0.05, 0.1) is 11.6 Å². The van der Waals surface area contributed by atoms with E-state index in [-0.39, 0.29) is 11.3 Å². The lowest BCUT2D eigenvalue weighted by Gasteiger charge is -2.30. The third kappa shape index (κ3) is 4.15. The lowest BCUT2D eigenvalue weighted by atomic mass is 9.96. The van der Waals surface area contributed by atoms with Crippen LogP contribution in [-0.4, -0.2) is 34.9 Å². The van der Waals surface area contributed by atoms with Crippen LogP contribution < -0.4 is 9.80 Å². The molecule has 0 saturated carbocycles. The molecule has 1 fully saturated rings. The van der Waals surface area contributed by atoms with E-state index >= 15 is 0 Å². The lowest BCUT2D eigenvalue weighted by molar-refractivity contribution is -0.117. The maximum atomic E-state index is 13.7. The topological polar surface area (TPSA) is 86.9 Å². The molecule has 0 radical (unpaired) electrons. The number of anilines is 2. The Bertz CT molecular complexity index is 1520. The first-order valence-electron chi connectivity index (χ1n) is 12.3. The fourth-order valence-corrected chi connectivity index (χ4v) is 5.37. The maximum absolute atomic E-state index is 13.7. The highest BCUT2D eigenvalue weighted by Gasteiger charge is 2.45. The Morgan fingerprint density at radius 3 is 2.49 bits per heavy atom. The van der Waals surface area contributed by atoms with Crippen molar-refractivity contribution in [2.45, 2.75) is 25.3 Å². The summed E-state index contributed by atoms with van der Waals surface area (Å²) in [5.74, 6) is -1.80. The number of Topliss-reactive ketones (excluding diaryl/α,β-unsaturated/α-hetero) is 1. The Morgan fingerprint density at radius 1 is 1.00 bits per heavy atom. The van der Waals surface area contributed by atoms with Gasteiger partial charge >= 0.3 is 0 Å². The first-order valence-corrected chi connectivity index (χ1v) is 12.6. The van der Waals surface area contributed by atoms with Crippen molar-refractivity contribution in [1.29, 1.82) is 0 Å². The minimum absolute atomic E-state index is 0.0165. The van der Waals surface area contributed by atoms with Gasteiger partial charge in [-0.05, 0) is 79.4 Å². The molecule has 1 unspecified atom stereocenters. The Hall–Kier alpha value is -4.10. The summed E-state index contributed by atoms with van der Waals surface area (Å²) in [5, 5.41) is 12.2. The van der Waals surface area contributed by atoms with Crippen molar-refractivity contribution in [2.75, 3.05) is 22.9 Å². The van der Waals surface area contributed by atoms with Gasteiger partial charge < -0.3 is 14.4 Å². The van der Waals surface area contributed by atoms with Crippen LogP contribution in [0.4, 0.5) is 11.4 Å². The zero-order valence-corrected chi connectivity index (χ0v) is 20.7. The van der Waals surface area contributed by atoms with Gasteiger partial charge in [0.1, 0.15) is 5.58 Å². The Labute approximate surface area is 218 Å². The minimum atomic E-state index is -0.869. The zero-order chi connectivity index (χ0) is 25.5. The number of furan rings is 1. The highest BCUT2D eigenvalue weighted by Crippen LogP contribution is 2.42. The molecular weight excluding hydrogens is 490 g/mol. The van der Waals surface area contributed by atoms with E-state index in [4.69, 9.17) is 16.0 Å². The molecule has 0 spiro atoms. The molecule has 4 aromatic rings. The average Bonchev–Trinajstić information content (AvgIpc) is 3.47. The number of benzene rings is 2. The number of piperidine rings is 1. The number of carbonyl (C=O) groups is 2. The molecule has 37 heavy (non-hydrogen) atoms. The van der Waals surface area contributed by atoms with E-state index in [9.17, 15) is 14.7 Å². The van der Waals surface area contributed by atoms with Crippen LogP contribution in [-0.2, 0) is 4.79 Å². The number of ketones is 1. The summed E-state index contributed by atoms with van der Waals surface area (Å²) >= 11 is 6.09. The van der Waals surface area contributed by atoms with E-state index in [2.05, 4.69) is 9.88 Å². The predicted molar refractivity (Wildman–Crippen MR) is 142 cm³/mol.